The quantitative estimate of drug-likeness (QED) is 0.896. The minimum absolute atomic E-state index is 0.193. The number of halogens is 1. The fourth-order valence-corrected chi connectivity index (χ4v) is 3.04. The molecule has 0 radical (unpaired) electrons. The standard InChI is InChI=1S/C14H18BrNO2/c15-11-2-3-13-10(6-11)7-12(18-13)8-16-9-14(17)4-1-5-14/h2-3,6,12,16-17H,1,4-5,7-9H2. The molecule has 1 aromatic carbocycles. The molecule has 4 heteroatoms. The minimum Gasteiger partial charge on any atom is -0.488 e. The zero-order valence-corrected chi connectivity index (χ0v) is 11.9. The molecule has 0 spiro atoms. The number of fused-ring (bicyclic) bond motifs is 1. The first-order valence-corrected chi connectivity index (χ1v) is 7.32. The minimum atomic E-state index is -0.450. The van der Waals surface area contributed by atoms with Gasteiger partial charge >= 0.3 is 0 Å². The highest BCUT2D eigenvalue weighted by atomic mass is 79.9. The second-order valence-electron chi connectivity index (χ2n) is 5.40. The molecule has 0 aromatic heterocycles. The predicted octanol–water partition coefficient (Wildman–Crippen LogP) is 2.26. The predicted molar refractivity (Wildman–Crippen MR) is 73.9 cm³/mol. The molecule has 3 rings (SSSR count). The summed E-state index contributed by atoms with van der Waals surface area (Å²) in [6.07, 6.45) is 4.15. The summed E-state index contributed by atoms with van der Waals surface area (Å²) < 4.78 is 6.96. The van der Waals surface area contributed by atoms with Gasteiger partial charge in [-0.3, -0.25) is 0 Å². The third-order valence-corrected chi connectivity index (χ3v) is 4.37. The largest absolute Gasteiger partial charge is 0.488 e. The maximum absolute atomic E-state index is 9.98. The molecule has 1 aliphatic heterocycles. The van der Waals surface area contributed by atoms with Crippen molar-refractivity contribution in [3.8, 4) is 5.75 Å². The van der Waals surface area contributed by atoms with Crippen LogP contribution in [0.15, 0.2) is 22.7 Å². The van der Waals surface area contributed by atoms with Crippen molar-refractivity contribution in [2.75, 3.05) is 13.1 Å². The number of hydrogen-bond acceptors (Lipinski definition) is 3. The lowest BCUT2D eigenvalue weighted by atomic mass is 9.80. The monoisotopic (exact) mass is 311 g/mol. The molecule has 18 heavy (non-hydrogen) atoms. The van der Waals surface area contributed by atoms with E-state index in [1.165, 1.54) is 5.56 Å². The fraction of sp³-hybridized carbons (Fsp3) is 0.571. The third-order valence-electron chi connectivity index (χ3n) is 3.87. The van der Waals surface area contributed by atoms with Crippen molar-refractivity contribution in [1.29, 1.82) is 0 Å². The molecular weight excluding hydrogens is 294 g/mol. The number of aliphatic hydroxyl groups is 1. The molecule has 1 heterocycles. The molecule has 1 fully saturated rings. The summed E-state index contributed by atoms with van der Waals surface area (Å²) in [5.74, 6) is 0.993. The van der Waals surface area contributed by atoms with Crippen molar-refractivity contribution in [2.24, 2.45) is 0 Å². The average molecular weight is 312 g/mol. The Bertz CT molecular complexity index is 445. The third kappa shape index (κ3) is 2.56. The van der Waals surface area contributed by atoms with Gasteiger partial charge in [0.2, 0.25) is 0 Å². The maximum Gasteiger partial charge on any atom is 0.123 e. The van der Waals surface area contributed by atoms with Gasteiger partial charge < -0.3 is 15.2 Å². The van der Waals surface area contributed by atoms with E-state index in [0.717, 1.165) is 42.5 Å². The molecule has 1 saturated carbocycles. The maximum atomic E-state index is 9.98. The summed E-state index contributed by atoms with van der Waals surface area (Å²) in [5, 5.41) is 13.3. The summed E-state index contributed by atoms with van der Waals surface area (Å²) in [7, 11) is 0. The molecule has 98 valence electrons. The second-order valence-corrected chi connectivity index (χ2v) is 6.32. The van der Waals surface area contributed by atoms with Gasteiger partial charge in [-0.25, -0.2) is 0 Å². The normalized spacial score (nSPS) is 24.2. The van der Waals surface area contributed by atoms with Crippen LogP contribution in [0.5, 0.6) is 5.75 Å². The van der Waals surface area contributed by atoms with Crippen molar-refractivity contribution in [2.45, 2.75) is 37.4 Å². The Morgan fingerprint density at radius 2 is 2.28 bits per heavy atom. The first-order chi connectivity index (χ1) is 8.65. The van der Waals surface area contributed by atoms with Crippen LogP contribution >= 0.6 is 15.9 Å². The second kappa shape index (κ2) is 4.83. The first kappa shape index (κ1) is 12.5. The molecule has 0 saturated heterocycles. The van der Waals surface area contributed by atoms with Gasteiger partial charge in [-0.2, -0.15) is 0 Å². The molecule has 2 aliphatic rings. The van der Waals surface area contributed by atoms with Gasteiger partial charge in [0.15, 0.2) is 0 Å². The van der Waals surface area contributed by atoms with Crippen LogP contribution in [0, 0.1) is 0 Å². The molecule has 1 unspecified atom stereocenters. The fourth-order valence-electron chi connectivity index (χ4n) is 2.63. The average Bonchev–Trinajstić information content (AvgIpc) is 2.68. The van der Waals surface area contributed by atoms with E-state index < -0.39 is 5.60 Å². The highest BCUT2D eigenvalue weighted by Gasteiger charge is 2.34. The van der Waals surface area contributed by atoms with E-state index in [9.17, 15) is 5.11 Å². The van der Waals surface area contributed by atoms with Gasteiger partial charge in [-0.15, -0.1) is 0 Å². The summed E-state index contributed by atoms with van der Waals surface area (Å²) >= 11 is 3.48. The van der Waals surface area contributed by atoms with E-state index in [-0.39, 0.29) is 6.10 Å². The van der Waals surface area contributed by atoms with Gasteiger partial charge in [0.1, 0.15) is 11.9 Å². The van der Waals surface area contributed by atoms with Crippen LogP contribution < -0.4 is 10.1 Å². The molecule has 2 N–H and O–H groups in total. The van der Waals surface area contributed by atoms with Crippen LogP contribution in [0.4, 0.5) is 0 Å². The van der Waals surface area contributed by atoms with Crippen LogP contribution in [0.3, 0.4) is 0 Å². The van der Waals surface area contributed by atoms with E-state index in [0.29, 0.717) is 6.54 Å². The number of rotatable bonds is 4. The van der Waals surface area contributed by atoms with Crippen LogP contribution in [0.2, 0.25) is 0 Å². The van der Waals surface area contributed by atoms with Crippen LogP contribution in [0.1, 0.15) is 24.8 Å². The molecule has 1 atom stereocenters. The van der Waals surface area contributed by atoms with Gasteiger partial charge in [0.05, 0.1) is 5.60 Å². The zero-order chi connectivity index (χ0) is 12.6. The summed E-state index contributed by atoms with van der Waals surface area (Å²) in [6, 6.07) is 6.14. The Morgan fingerprint density at radius 1 is 1.44 bits per heavy atom. The van der Waals surface area contributed by atoms with Crippen LogP contribution in [-0.2, 0) is 6.42 Å². The van der Waals surface area contributed by atoms with Crippen molar-refractivity contribution in [3.63, 3.8) is 0 Å². The molecule has 0 bridgehead atoms. The van der Waals surface area contributed by atoms with Crippen LogP contribution in [-0.4, -0.2) is 29.9 Å². The highest BCUT2D eigenvalue weighted by molar-refractivity contribution is 9.10. The topological polar surface area (TPSA) is 41.5 Å². The van der Waals surface area contributed by atoms with Gasteiger partial charge in [0.25, 0.3) is 0 Å². The lowest BCUT2D eigenvalue weighted by Gasteiger charge is -2.37. The summed E-state index contributed by atoms with van der Waals surface area (Å²) in [4.78, 5) is 0. The van der Waals surface area contributed by atoms with E-state index in [4.69, 9.17) is 4.74 Å². The van der Waals surface area contributed by atoms with E-state index in [2.05, 4.69) is 27.3 Å². The molecule has 1 aliphatic carbocycles. The number of ether oxygens (including phenoxy) is 1. The molecule has 1 aromatic rings. The highest BCUT2D eigenvalue weighted by Crippen LogP contribution is 2.32. The zero-order valence-electron chi connectivity index (χ0n) is 10.3. The lowest BCUT2D eigenvalue weighted by Crippen LogP contribution is -2.48. The van der Waals surface area contributed by atoms with Gasteiger partial charge in [-0.1, -0.05) is 15.9 Å². The summed E-state index contributed by atoms with van der Waals surface area (Å²) in [5.41, 5.74) is 0.813. The van der Waals surface area contributed by atoms with Crippen molar-refractivity contribution < 1.29 is 9.84 Å². The Morgan fingerprint density at radius 3 is 3.00 bits per heavy atom. The molecule has 0 amide bonds. The molecule has 3 nitrogen and oxygen atoms in total. The van der Waals surface area contributed by atoms with Crippen molar-refractivity contribution in [3.05, 3.63) is 28.2 Å². The first-order valence-electron chi connectivity index (χ1n) is 6.53. The SMILES string of the molecule is OC1(CNCC2Cc3cc(Br)ccc3O2)CCC1. The number of benzene rings is 1. The number of hydrogen-bond donors (Lipinski definition) is 2. The molecular formula is C14H18BrNO2. The van der Waals surface area contributed by atoms with Gasteiger partial charge in [-0.05, 0) is 43.0 Å². The van der Waals surface area contributed by atoms with Gasteiger partial charge in [0, 0.05) is 24.0 Å². The Labute approximate surface area is 116 Å². The van der Waals surface area contributed by atoms with E-state index in [1.54, 1.807) is 0 Å². The van der Waals surface area contributed by atoms with E-state index in [1.807, 2.05) is 12.1 Å². The Hall–Kier alpha value is -0.580. The van der Waals surface area contributed by atoms with Crippen LogP contribution in [0.25, 0.3) is 0 Å². The van der Waals surface area contributed by atoms with Crippen molar-refractivity contribution in [1.82, 2.24) is 5.32 Å². The summed E-state index contributed by atoms with van der Waals surface area (Å²) in [6.45, 7) is 1.49. The lowest BCUT2D eigenvalue weighted by molar-refractivity contribution is -0.0322. The Kier molecular flexibility index (Phi) is 3.34. The van der Waals surface area contributed by atoms with Crippen molar-refractivity contribution >= 4 is 15.9 Å². The van der Waals surface area contributed by atoms with E-state index >= 15 is 0 Å². The Balaban J connectivity index is 1.49. The smallest absolute Gasteiger partial charge is 0.123 e. The number of nitrogens with one attached hydrogen (secondary N) is 1.